The Labute approximate surface area is 112 Å². The molecule has 2 aromatic rings. The summed E-state index contributed by atoms with van der Waals surface area (Å²) in [5.74, 6) is 0. The van der Waals surface area contributed by atoms with Gasteiger partial charge in [0.1, 0.15) is 0 Å². The summed E-state index contributed by atoms with van der Waals surface area (Å²) >= 11 is 0. The van der Waals surface area contributed by atoms with Crippen LogP contribution in [0.4, 0.5) is 0 Å². The summed E-state index contributed by atoms with van der Waals surface area (Å²) in [4.78, 5) is 0. The molecule has 0 amide bonds. The fraction of sp³-hybridized carbons (Fsp3) is 0.176. The molecule has 1 aliphatic rings. The van der Waals surface area contributed by atoms with Gasteiger partial charge >= 0.3 is 0 Å². The zero-order chi connectivity index (χ0) is 13.2. The van der Waals surface area contributed by atoms with Crippen LogP contribution in [0.25, 0.3) is 11.1 Å². The standard InChI is InChI=1S/C17H16O2/c18-10-16-14-7-3-1-5-12(14)9-13-6-2-4-8-15(13)17(16)11-19/h1-8,18-19H,9-11H2. The quantitative estimate of drug-likeness (QED) is 0.862. The zero-order valence-corrected chi connectivity index (χ0v) is 10.6. The van der Waals surface area contributed by atoms with Crippen LogP contribution in [0.1, 0.15) is 22.3 Å². The van der Waals surface area contributed by atoms with Crippen molar-refractivity contribution in [1.82, 2.24) is 0 Å². The van der Waals surface area contributed by atoms with Crippen LogP contribution in [0.2, 0.25) is 0 Å². The predicted octanol–water partition coefficient (Wildman–Crippen LogP) is 2.49. The lowest BCUT2D eigenvalue weighted by Gasteiger charge is -2.12. The Morgan fingerprint density at radius 1 is 0.684 bits per heavy atom. The summed E-state index contributed by atoms with van der Waals surface area (Å²) in [6.07, 6.45) is 0.833. The van der Waals surface area contributed by atoms with Gasteiger partial charge in [-0.25, -0.2) is 0 Å². The summed E-state index contributed by atoms with van der Waals surface area (Å²) < 4.78 is 0. The molecule has 3 rings (SSSR count). The van der Waals surface area contributed by atoms with Crippen LogP contribution in [0.15, 0.2) is 48.5 Å². The summed E-state index contributed by atoms with van der Waals surface area (Å²) in [5, 5.41) is 19.4. The molecule has 1 aliphatic carbocycles. The van der Waals surface area contributed by atoms with Crippen molar-refractivity contribution in [2.24, 2.45) is 0 Å². The third-order valence-corrected chi connectivity index (χ3v) is 3.75. The predicted molar refractivity (Wildman–Crippen MR) is 76.7 cm³/mol. The SMILES string of the molecule is OCC1=C(CO)c2ccccc2Cc2ccccc21. The lowest BCUT2D eigenvalue weighted by molar-refractivity contribution is 0.340. The average Bonchev–Trinajstić information content (AvgIpc) is 2.60. The molecular weight excluding hydrogens is 236 g/mol. The average molecular weight is 252 g/mol. The number of aliphatic hydroxyl groups excluding tert-OH is 2. The molecule has 0 bridgehead atoms. The normalized spacial score (nSPS) is 13.8. The second-order valence-corrected chi connectivity index (χ2v) is 4.76. The fourth-order valence-corrected chi connectivity index (χ4v) is 2.83. The number of hydrogen-bond acceptors (Lipinski definition) is 2. The van der Waals surface area contributed by atoms with Gasteiger partial charge < -0.3 is 10.2 Å². The van der Waals surface area contributed by atoms with Crippen molar-refractivity contribution in [3.05, 3.63) is 70.8 Å². The van der Waals surface area contributed by atoms with Gasteiger partial charge in [0.25, 0.3) is 0 Å². The van der Waals surface area contributed by atoms with E-state index in [1.807, 2.05) is 36.4 Å². The highest BCUT2D eigenvalue weighted by Gasteiger charge is 2.19. The molecule has 0 heterocycles. The van der Waals surface area contributed by atoms with E-state index in [4.69, 9.17) is 0 Å². The maximum atomic E-state index is 9.72. The molecule has 19 heavy (non-hydrogen) atoms. The van der Waals surface area contributed by atoms with Crippen LogP contribution in [-0.4, -0.2) is 23.4 Å². The summed E-state index contributed by atoms with van der Waals surface area (Å²) in [7, 11) is 0. The van der Waals surface area contributed by atoms with Crippen LogP contribution < -0.4 is 0 Å². The molecule has 2 N–H and O–H groups in total. The van der Waals surface area contributed by atoms with Crippen molar-refractivity contribution < 1.29 is 10.2 Å². The third kappa shape index (κ3) is 1.99. The topological polar surface area (TPSA) is 40.5 Å². The van der Waals surface area contributed by atoms with Crippen molar-refractivity contribution in [2.75, 3.05) is 13.2 Å². The van der Waals surface area contributed by atoms with Gasteiger partial charge in [0.15, 0.2) is 0 Å². The fourth-order valence-electron chi connectivity index (χ4n) is 2.83. The Kier molecular flexibility index (Phi) is 3.20. The molecule has 0 spiro atoms. The van der Waals surface area contributed by atoms with Crippen molar-refractivity contribution in [1.29, 1.82) is 0 Å². The van der Waals surface area contributed by atoms with Crippen LogP contribution in [-0.2, 0) is 6.42 Å². The first-order valence-corrected chi connectivity index (χ1v) is 6.45. The highest BCUT2D eigenvalue weighted by molar-refractivity contribution is 5.94. The van der Waals surface area contributed by atoms with Crippen LogP contribution in [0, 0.1) is 0 Å². The van der Waals surface area contributed by atoms with E-state index in [0.29, 0.717) is 0 Å². The molecule has 2 nitrogen and oxygen atoms in total. The molecular formula is C17H16O2. The lowest BCUT2D eigenvalue weighted by Crippen LogP contribution is -2.00. The van der Waals surface area contributed by atoms with Crippen molar-refractivity contribution >= 4 is 11.1 Å². The Balaban J connectivity index is 2.34. The van der Waals surface area contributed by atoms with Crippen LogP contribution in [0.5, 0.6) is 0 Å². The minimum absolute atomic E-state index is 0.0543. The first-order valence-electron chi connectivity index (χ1n) is 6.45. The second-order valence-electron chi connectivity index (χ2n) is 4.76. The lowest BCUT2D eigenvalue weighted by atomic mass is 9.95. The Morgan fingerprint density at radius 3 is 1.53 bits per heavy atom. The van der Waals surface area contributed by atoms with Crippen molar-refractivity contribution in [2.45, 2.75) is 6.42 Å². The molecule has 0 saturated heterocycles. The molecule has 0 aromatic heterocycles. The van der Waals surface area contributed by atoms with Gasteiger partial charge in [-0.2, -0.15) is 0 Å². The number of fused-ring (bicyclic) bond motifs is 2. The molecule has 2 heteroatoms. The third-order valence-electron chi connectivity index (χ3n) is 3.75. The summed E-state index contributed by atoms with van der Waals surface area (Å²) in [5.41, 5.74) is 6.16. The molecule has 0 aliphatic heterocycles. The van der Waals surface area contributed by atoms with Crippen LogP contribution in [0.3, 0.4) is 0 Å². The largest absolute Gasteiger partial charge is 0.392 e. The first kappa shape index (κ1) is 12.2. The van der Waals surface area contributed by atoms with E-state index < -0.39 is 0 Å². The van der Waals surface area contributed by atoms with Gasteiger partial charge in [-0.05, 0) is 39.8 Å². The number of benzene rings is 2. The molecule has 0 atom stereocenters. The maximum absolute atomic E-state index is 9.72. The number of rotatable bonds is 2. The monoisotopic (exact) mass is 252 g/mol. The maximum Gasteiger partial charge on any atom is 0.0691 e. The van der Waals surface area contributed by atoms with E-state index in [9.17, 15) is 10.2 Å². The summed E-state index contributed by atoms with van der Waals surface area (Å²) in [6, 6.07) is 16.2. The van der Waals surface area contributed by atoms with Gasteiger partial charge in [-0.15, -0.1) is 0 Å². The molecule has 0 fully saturated rings. The minimum atomic E-state index is -0.0543. The number of hydrogen-bond donors (Lipinski definition) is 2. The minimum Gasteiger partial charge on any atom is -0.392 e. The zero-order valence-electron chi connectivity index (χ0n) is 10.6. The van der Waals surface area contributed by atoms with Gasteiger partial charge in [0, 0.05) is 0 Å². The van der Waals surface area contributed by atoms with E-state index >= 15 is 0 Å². The van der Waals surface area contributed by atoms with Crippen molar-refractivity contribution in [3.63, 3.8) is 0 Å². The van der Waals surface area contributed by atoms with E-state index in [0.717, 1.165) is 28.7 Å². The Bertz CT molecular complexity index is 586. The molecule has 0 radical (unpaired) electrons. The highest BCUT2D eigenvalue weighted by atomic mass is 16.3. The van der Waals surface area contributed by atoms with E-state index in [1.54, 1.807) is 0 Å². The molecule has 2 aromatic carbocycles. The van der Waals surface area contributed by atoms with Crippen LogP contribution >= 0.6 is 0 Å². The molecule has 96 valence electrons. The van der Waals surface area contributed by atoms with Gasteiger partial charge in [-0.3, -0.25) is 0 Å². The highest BCUT2D eigenvalue weighted by Crippen LogP contribution is 2.35. The molecule has 0 unspecified atom stereocenters. The Morgan fingerprint density at radius 2 is 1.11 bits per heavy atom. The number of aliphatic hydroxyl groups is 2. The van der Waals surface area contributed by atoms with E-state index in [2.05, 4.69) is 12.1 Å². The van der Waals surface area contributed by atoms with E-state index in [1.165, 1.54) is 11.1 Å². The van der Waals surface area contributed by atoms with Gasteiger partial charge in [0.2, 0.25) is 0 Å². The smallest absolute Gasteiger partial charge is 0.0691 e. The van der Waals surface area contributed by atoms with Gasteiger partial charge in [-0.1, -0.05) is 48.5 Å². The first-order chi connectivity index (χ1) is 9.35. The van der Waals surface area contributed by atoms with Crippen molar-refractivity contribution in [3.8, 4) is 0 Å². The molecule has 0 saturated carbocycles. The van der Waals surface area contributed by atoms with Gasteiger partial charge in [0.05, 0.1) is 13.2 Å². The summed E-state index contributed by atoms with van der Waals surface area (Å²) in [6.45, 7) is -0.109. The Hall–Kier alpha value is -1.90. The van der Waals surface area contributed by atoms with E-state index in [-0.39, 0.29) is 13.2 Å². The second kappa shape index (κ2) is 5.00.